The average Bonchev–Trinajstić information content (AvgIpc) is 2.92. The third kappa shape index (κ3) is 31.1. The molecule has 0 saturated carbocycles. The highest BCUT2D eigenvalue weighted by Gasteiger charge is 2.12. The second-order valence-corrected chi connectivity index (χ2v) is 11.7. The Morgan fingerprint density at radius 1 is 0.564 bits per heavy atom. The first kappa shape index (κ1) is 37.7. The van der Waals surface area contributed by atoms with E-state index < -0.39 is 5.97 Å². The lowest BCUT2D eigenvalue weighted by Gasteiger charge is -2.16. The molecule has 0 heterocycles. The average molecular weight is 551 g/mol. The number of carboxylic acid groups (broad SMARTS) is 1. The predicted molar refractivity (Wildman–Crippen MR) is 167 cm³/mol. The van der Waals surface area contributed by atoms with Crippen LogP contribution in [0.3, 0.4) is 0 Å². The number of esters is 1. The number of hydrogen-bond acceptors (Lipinski definition) is 3. The summed E-state index contributed by atoms with van der Waals surface area (Å²) in [6.45, 7) is 4.40. The predicted octanol–water partition coefficient (Wildman–Crippen LogP) is 11.5. The van der Waals surface area contributed by atoms with Gasteiger partial charge in [-0.3, -0.25) is 9.59 Å². The Morgan fingerprint density at radius 3 is 1.44 bits per heavy atom. The van der Waals surface area contributed by atoms with E-state index in [0.717, 1.165) is 44.9 Å². The first-order valence-electron chi connectivity index (χ1n) is 17.2. The van der Waals surface area contributed by atoms with Gasteiger partial charge in [0.05, 0.1) is 0 Å². The Morgan fingerprint density at radius 2 is 0.974 bits per heavy atom. The summed E-state index contributed by atoms with van der Waals surface area (Å²) in [4.78, 5) is 22.7. The molecule has 39 heavy (non-hydrogen) atoms. The van der Waals surface area contributed by atoms with E-state index in [2.05, 4.69) is 26.0 Å². The van der Waals surface area contributed by atoms with Gasteiger partial charge in [-0.05, 0) is 57.8 Å². The summed E-state index contributed by atoms with van der Waals surface area (Å²) in [6, 6.07) is 0. The van der Waals surface area contributed by atoms with E-state index >= 15 is 0 Å². The number of carboxylic acids is 1. The molecular formula is C35H66O4. The molecule has 230 valence electrons. The van der Waals surface area contributed by atoms with Crippen molar-refractivity contribution in [3.05, 3.63) is 12.2 Å². The standard InChI is InChI=1S/C35H66O4/c1-3-5-6-7-8-9-10-11-12-13-17-20-23-26-29-32-35(38)39-33(4-2)30-27-24-21-18-15-14-16-19-22-25-28-31-34(36)37/h11-12,33H,3-10,13-32H2,1-2H3,(H,36,37)/b12-11-. The van der Waals surface area contributed by atoms with Crippen LogP contribution in [0.15, 0.2) is 12.2 Å². The molecule has 4 heteroatoms. The summed E-state index contributed by atoms with van der Waals surface area (Å²) < 4.78 is 5.75. The highest BCUT2D eigenvalue weighted by Crippen LogP contribution is 2.16. The van der Waals surface area contributed by atoms with Crippen molar-refractivity contribution in [2.75, 3.05) is 0 Å². The first-order chi connectivity index (χ1) is 19.1. The van der Waals surface area contributed by atoms with E-state index in [1.807, 2.05) is 0 Å². The van der Waals surface area contributed by atoms with Crippen LogP contribution in [-0.4, -0.2) is 23.1 Å². The molecule has 0 aliphatic carbocycles. The molecule has 0 rings (SSSR count). The maximum atomic E-state index is 12.2. The van der Waals surface area contributed by atoms with Crippen molar-refractivity contribution in [3.63, 3.8) is 0 Å². The van der Waals surface area contributed by atoms with Crippen molar-refractivity contribution >= 4 is 11.9 Å². The van der Waals surface area contributed by atoms with Gasteiger partial charge in [0.15, 0.2) is 0 Å². The van der Waals surface area contributed by atoms with Gasteiger partial charge >= 0.3 is 11.9 Å². The fraction of sp³-hybridized carbons (Fsp3) is 0.886. The van der Waals surface area contributed by atoms with Crippen LogP contribution in [-0.2, 0) is 14.3 Å². The topological polar surface area (TPSA) is 63.6 Å². The molecule has 1 atom stereocenters. The summed E-state index contributed by atoms with van der Waals surface area (Å²) in [5.41, 5.74) is 0. The Kier molecular flexibility index (Phi) is 30.2. The van der Waals surface area contributed by atoms with E-state index in [1.54, 1.807) is 0 Å². The molecule has 0 amide bonds. The van der Waals surface area contributed by atoms with Gasteiger partial charge in [0, 0.05) is 12.8 Å². The molecule has 0 aromatic rings. The van der Waals surface area contributed by atoms with Crippen molar-refractivity contribution in [2.24, 2.45) is 0 Å². The Balaban J connectivity index is 3.46. The summed E-state index contributed by atoms with van der Waals surface area (Å²) in [6.07, 6.45) is 37.3. The minimum atomic E-state index is -0.674. The highest BCUT2D eigenvalue weighted by atomic mass is 16.5. The van der Waals surface area contributed by atoms with Crippen LogP contribution in [0, 0.1) is 0 Å². The van der Waals surface area contributed by atoms with Crippen LogP contribution >= 0.6 is 0 Å². The van der Waals surface area contributed by atoms with Crippen LogP contribution < -0.4 is 0 Å². The van der Waals surface area contributed by atoms with E-state index in [9.17, 15) is 9.59 Å². The third-order valence-corrected chi connectivity index (χ3v) is 7.81. The van der Waals surface area contributed by atoms with Gasteiger partial charge in [-0.25, -0.2) is 0 Å². The molecule has 0 bridgehead atoms. The van der Waals surface area contributed by atoms with Gasteiger partial charge in [0.25, 0.3) is 0 Å². The molecule has 0 aliphatic rings. The number of ether oxygens (including phenoxy) is 1. The fourth-order valence-corrected chi connectivity index (χ4v) is 5.17. The van der Waals surface area contributed by atoms with Gasteiger partial charge in [0.2, 0.25) is 0 Å². The molecule has 0 radical (unpaired) electrons. The van der Waals surface area contributed by atoms with E-state index in [0.29, 0.717) is 12.8 Å². The Bertz CT molecular complexity index is 557. The summed E-state index contributed by atoms with van der Waals surface area (Å²) in [7, 11) is 0. The molecule has 0 saturated heterocycles. The minimum absolute atomic E-state index is 0.00226. The summed E-state index contributed by atoms with van der Waals surface area (Å²) in [5, 5.41) is 8.64. The number of allylic oxidation sites excluding steroid dienone is 2. The lowest BCUT2D eigenvalue weighted by atomic mass is 10.0. The summed E-state index contributed by atoms with van der Waals surface area (Å²) in [5.74, 6) is -0.672. The van der Waals surface area contributed by atoms with Gasteiger partial charge in [-0.1, -0.05) is 135 Å². The number of unbranched alkanes of at least 4 members (excludes halogenated alkanes) is 21. The zero-order chi connectivity index (χ0) is 28.7. The molecular weight excluding hydrogens is 484 g/mol. The smallest absolute Gasteiger partial charge is 0.306 e. The quantitative estimate of drug-likeness (QED) is 0.0529. The molecule has 0 aromatic heterocycles. The van der Waals surface area contributed by atoms with Crippen molar-refractivity contribution in [3.8, 4) is 0 Å². The van der Waals surface area contributed by atoms with Crippen LogP contribution in [0.2, 0.25) is 0 Å². The second-order valence-electron chi connectivity index (χ2n) is 11.7. The SMILES string of the molecule is CCCCCCCC/C=C\CCCCCCCC(=O)OC(CC)CCCCCCCCCCCCCC(=O)O. The van der Waals surface area contributed by atoms with Gasteiger partial charge in [0.1, 0.15) is 6.10 Å². The largest absolute Gasteiger partial charge is 0.481 e. The van der Waals surface area contributed by atoms with Crippen LogP contribution in [0.1, 0.15) is 194 Å². The molecule has 1 N–H and O–H groups in total. The highest BCUT2D eigenvalue weighted by molar-refractivity contribution is 5.69. The monoisotopic (exact) mass is 550 g/mol. The number of hydrogen-bond donors (Lipinski definition) is 1. The van der Waals surface area contributed by atoms with Gasteiger partial charge in [-0.15, -0.1) is 0 Å². The fourth-order valence-electron chi connectivity index (χ4n) is 5.17. The Labute approximate surface area is 243 Å². The van der Waals surface area contributed by atoms with E-state index in [4.69, 9.17) is 9.84 Å². The minimum Gasteiger partial charge on any atom is -0.481 e. The maximum absolute atomic E-state index is 12.2. The lowest BCUT2D eigenvalue weighted by molar-refractivity contribution is -0.149. The molecule has 0 aliphatic heterocycles. The first-order valence-corrected chi connectivity index (χ1v) is 17.2. The molecule has 4 nitrogen and oxygen atoms in total. The molecule has 0 fully saturated rings. The van der Waals surface area contributed by atoms with Crippen molar-refractivity contribution in [1.29, 1.82) is 0 Å². The van der Waals surface area contributed by atoms with Crippen LogP contribution in [0.25, 0.3) is 0 Å². The van der Waals surface area contributed by atoms with Crippen molar-refractivity contribution < 1.29 is 19.4 Å². The van der Waals surface area contributed by atoms with Crippen LogP contribution in [0.4, 0.5) is 0 Å². The number of rotatable bonds is 31. The van der Waals surface area contributed by atoms with E-state index in [-0.39, 0.29) is 12.1 Å². The molecule has 1 unspecified atom stereocenters. The zero-order valence-electron chi connectivity index (χ0n) is 26.2. The maximum Gasteiger partial charge on any atom is 0.306 e. The van der Waals surface area contributed by atoms with Crippen molar-refractivity contribution in [1.82, 2.24) is 0 Å². The Hall–Kier alpha value is -1.32. The number of aliphatic carboxylic acids is 1. The summed E-state index contributed by atoms with van der Waals surface area (Å²) >= 11 is 0. The number of carbonyl (C=O) groups excluding carboxylic acids is 1. The number of carbonyl (C=O) groups is 2. The second kappa shape index (κ2) is 31.2. The molecule has 0 aromatic carbocycles. The van der Waals surface area contributed by atoms with Crippen molar-refractivity contribution in [2.45, 2.75) is 200 Å². The lowest BCUT2D eigenvalue weighted by Crippen LogP contribution is -2.17. The van der Waals surface area contributed by atoms with Gasteiger partial charge in [-0.2, -0.15) is 0 Å². The van der Waals surface area contributed by atoms with E-state index in [1.165, 1.54) is 122 Å². The normalized spacial score (nSPS) is 12.3. The third-order valence-electron chi connectivity index (χ3n) is 7.81. The van der Waals surface area contributed by atoms with Gasteiger partial charge < -0.3 is 9.84 Å². The van der Waals surface area contributed by atoms with Crippen LogP contribution in [0.5, 0.6) is 0 Å². The molecule has 0 spiro atoms. The zero-order valence-corrected chi connectivity index (χ0v) is 26.2.